The maximum Gasteiger partial charge on any atom is 0.260 e. The van der Waals surface area contributed by atoms with Crippen molar-refractivity contribution in [3.8, 4) is 0 Å². The zero-order chi connectivity index (χ0) is 19.0. The summed E-state index contributed by atoms with van der Waals surface area (Å²) in [4.78, 5) is 31.1. The molecule has 1 aromatic carbocycles. The monoisotopic (exact) mass is 474 g/mol. The average Bonchev–Trinajstić information content (AvgIpc) is 3.07. The lowest BCUT2D eigenvalue weighted by Crippen LogP contribution is -2.36. The molecule has 7 heteroatoms. The molecule has 1 saturated heterocycles. The number of hydrogen-bond donors (Lipinski definition) is 2. The molecule has 0 spiro atoms. The Bertz CT molecular complexity index is 939. The Balaban J connectivity index is 1.57. The summed E-state index contributed by atoms with van der Waals surface area (Å²) >= 11 is 2.17. The first-order valence-electron chi connectivity index (χ1n) is 8.81. The second kappa shape index (κ2) is 7.40. The van der Waals surface area contributed by atoms with E-state index in [2.05, 4.69) is 56.2 Å². The highest BCUT2D eigenvalue weighted by molar-refractivity contribution is 14.1. The molecule has 0 saturated carbocycles. The van der Waals surface area contributed by atoms with E-state index in [1.165, 1.54) is 12.0 Å². The predicted molar refractivity (Wildman–Crippen MR) is 112 cm³/mol. The summed E-state index contributed by atoms with van der Waals surface area (Å²) in [6.07, 6.45) is 5.85. The number of likely N-dealkylation sites (tertiary alicyclic amines) is 1. The molecule has 2 N–H and O–H groups in total. The number of imide groups is 1. The first-order chi connectivity index (χ1) is 13.0. The second-order valence-electron chi connectivity index (χ2n) is 6.79. The molecule has 1 atom stereocenters. The van der Waals surface area contributed by atoms with Gasteiger partial charge in [0.2, 0.25) is 0 Å². The predicted octanol–water partition coefficient (Wildman–Crippen LogP) is 3.18. The molecule has 2 aromatic rings. The van der Waals surface area contributed by atoms with E-state index >= 15 is 0 Å². The Morgan fingerprint density at radius 3 is 2.78 bits per heavy atom. The van der Waals surface area contributed by atoms with Gasteiger partial charge in [0.15, 0.2) is 0 Å². The molecule has 3 heterocycles. The summed E-state index contributed by atoms with van der Waals surface area (Å²) < 4.78 is 0.961. The SMILES string of the molecule is CN1CCCC1c1ccc(N/C=C2\C(=O)NC(=O)c3ccc(I)cc32)nc1. The van der Waals surface area contributed by atoms with Crippen molar-refractivity contribution >= 4 is 45.8 Å². The fourth-order valence-electron chi connectivity index (χ4n) is 3.61. The summed E-state index contributed by atoms with van der Waals surface area (Å²) in [5.41, 5.74) is 2.75. The van der Waals surface area contributed by atoms with Crippen molar-refractivity contribution in [3.05, 3.63) is 63.0 Å². The number of anilines is 1. The Hall–Kier alpha value is -2.26. The van der Waals surface area contributed by atoms with Crippen LogP contribution in [-0.4, -0.2) is 35.3 Å². The van der Waals surface area contributed by atoms with Crippen LogP contribution >= 0.6 is 22.6 Å². The number of pyridine rings is 1. The van der Waals surface area contributed by atoms with Gasteiger partial charge in [-0.15, -0.1) is 0 Å². The van der Waals surface area contributed by atoms with Gasteiger partial charge in [-0.2, -0.15) is 0 Å². The number of carbonyl (C=O) groups is 2. The van der Waals surface area contributed by atoms with Crippen molar-refractivity contribution in [2.75, 3.05) is 18.9 Å². The van der Waals surface area contributed by atoms with Crippen molar-refractivity contribution in [3.63, 3.8) is 0 Å². The largest absolute Gasteiger partial charge is 0.346 e. The minimum atomic E-state index is -0.411. The second-order valence-corrected chi connectivity index (χ2v) is 8.04. The number of rotatable bonds is 3. The summed E-state index contributed by atoms with van der Waals surface area (Å²) in [5.74, 6) is -0.123. The van der Waals surface area contributed by atoms with E-state index < -0.39 is 5.91 Å². The van der Waals surface area contributed by atoms with Gasteiger partial charge in [0.1, 0.15) is 5.82 Å². The third-order valence-electron chi connectivity index (χ3n) is 5.04. The van der Waals surface area contributed by atoms with Gasteiger partial charge in [0.05, 0.1) is 5.57 Å². The number of nitrogens with one attached hydrogen (secondary N) is 2. The zero-order valence-electron chi connectivity index (χ0n) is 14.8. The fraction of sp³-hybridized carbons (Fsp3) is 0.250. The van der Waals surface area contributed by atoms with Crippen LogP contribution in [-0.2, 0) is 4.79 Å². The third-order valence-corrected chi connectivity index (χ3v) is 5.72. The molecule has 2 aliphatic heterocycles. The highest BCUT2D eigenvalue weighted by atomic mass is 127. The zero-order valence-corrected chi connectivity index (χ0v) is 17.0. The van der Waals surface area contributed by atoms with Gasteiger partial charge in [0.25, 0.3) is 11.8 Å². The Labute approximate surface area is 171 Å². The van der Waals surface area contributed by atoms with E-state index in [0.717, 1.165) is 16.5 Å². The van der Waals surface area contributed by atoms with Gasteiger partial charge in [-0.25, -0.2) is 4.98 Å². The number of hydrogen-bond acceptors (Lipinski definition) is 5. The molecule has 138 valence electrons. The molecule has 1 unspecified atom stereocenters. The summed E-state index contributed by atoms with van der Waals surface area (Å²) in [6, 6.07) is 9.83. The van der Waals surface area contributed by atoms with Crippen LogP contribution in [0.2, 0.25) is 0 Å². The van der Waals surface area contributed by atoms with E-state index in [0.29, 0.717) is 28.6 Å². The normalized spacial score (nSPS) is 21.3. The van der Waals surface area contributed by atoms with Crippen molar-refractivity contribution in [1.29, 1.82) is 0 Å². The molecule has 0 aliphatic carbocycles. The van der Waals surface area contributed by atoms with Crippen LogP contribution in [0.15, 0.2) is 42.7 Å². The molecule has 2 amide bonds. The molecule has 0 bridgehead atoms. The Kier molecular flexibility index (Phi) is 4.96. The number of amides is 2. The highest BCUT2D eigenvalue weighted by Crippen LogP contribution is 2.30. The number of aromatic nitrogens is 1. The molecule has 0 radical (unpaired) electrons. The summed E-state index contributed by atoms with van der Waals surface area (Å²) in [6.45, 7) is 1.11. The van der Waals surface area contributed by atoms with Gasteiger partial charge in [-0.05, 0) is 78.9 Å². The first-order valence-corrected chi connectivity index (χ1v) is 9.89. The van der Waals surface area contributed by atoms with E-state index in [9.17, 15) is 9.59 Å². The quantitative estimate of drug-likeness (QED) is 0.406. The molecule has 4 rings (SSSR count). The van der Waals surface area contributed by atoms with E-state index in [1.54, 1.807) is 12.3 Å². The Morgan fingerprint density at radius 1 is 1.22 bits per heavy atom. The summed E-state index contributed by atoms with van der Waals surface area (Å²) in [5, 5.41) is 5.47. The number of carbonyl (C=O) groups excluding carboxylic acids is 2. The minimum absolute atomic E-state index is 0.369. The molecular weight excluding hydrogens is 455 g/mol. The van der Waals surface area contributed by atoms with Gasteiger partial charge in [0, 0.05) is 33.1 Å². The lowest BCUT2D eigenvalue weighted by molar-refractivity contribution is -0.114. The van der Waals surface area contributed by atoms with E-state index in [4.69, 9.17) is 0 Å². The maximum atomic E-state index is 12.3. The van der Waals surface area contributed by atoms with Gasteiger partial charge in [-0.1, -0.05) is 6.07 Å². The summed E-state index contributed by atoms with van der Waals surface area (Å²) in [7, 11) is 2.13. The van der Waals surface area contributed by atoms with Gasteiger partial charge >= 0.3 is 0 Å². The van der Waals surface area contributed by atoms with Crippen LogP contribution in [0.3, 0.4) is 0 Å². The molecule has 27 heavy (non-hydrogen) atoms. The first kappa shape index (κ1) is 18.1. The lowest BCUT2D eigenvalue weighted by Gasteiger charge is -2.20. The fourth-order valence-corrected chi connectivity index (χ4v) is 4.10. The van der Waals surface area contributed by atoms with E-state index in [1.807, 2.05) is 24.4 Å². The van der Waals surface area contributed by atoms with Crippen LogP contribution in [0.1, 0.15) is 40.4 Å². The molecule has 6 nitrogen and oxygen atoms in total. The standard InChI is InChI=1S/C20H19IN4O2/c1-25-8-2-3-17(25)12-4-7-18(22-10-12)23-11-16-15-9-13(21)5-6-14(15)19(26)24-20(16)27/h4-7,9-11,17H,2-3,8H2,1H3,(H,22,23)(H,24,26,27)/b16-11-. The van der Waals surface area contributed by atoms with Crippen LogP contribution < -0.4 is 10.6 Å². The number of halogens is 1. The highest BCUT2D eigenvalue weighted by Gasteiger charge is 2.27. The van der Waals surface area contributed by atoms with Crippen molar-refractivity contribution in [2.45, 2.75) is 18.9 Å². The number of fused-ring (bicyclic) bond motifs is 1. The van der Waals surface area contributed by atoms with Crippen LogP contribution in [0.25, 0.3) is 5.57 Å². The smallest absolute Gasteiger partial charge is 0.260 e. The minimum Gasteiger partial charge on any atom is -0.346 e. The number of benzene rings is 1. The molecule has 1 aromatic heterocycles. The van der Waals surface area contributed by atoms with Crippen molar-refractivity contribution in [2.24, 2.45) is 0 Å². The van der Waals surface area contributed by atoms with E-state index in [-0.39, 0.29) is 5.91 Å². The number of nitrogens with zero attached hydrogens (tertiary/aromatic N) is 2. The van der Waals surface area contributed by atoms with Crippen LogP contribution in [0, 0.1) is 3.57 Å². The van der Waals surface area contributed by atoms with Crippen LogP contribution in [0.5, 0.6) is 0 Å². The maximum absolute atomic E-state index is 12.3. The van der Waals surface area contributed by atoms with Crippen molar-refractivity contribution < 1.29 is 9.59 Å². The third kappa shape index (κ3) is 3.61. The molecule has 2 aliphatic rings. The lowest BCUT2D eigenvalue weighted by atomic mass is 9.96. The Morgan fingerprint density at radius 2 is 2.07 bits per heavy atom. The van der Waals surface area contributed by atoms with Gasteiger partial charge < -0.3 is 5.32 Å². The van der Waals surface area contributed by atoms with Gasteiger partial charge in [-0.3, -0.25) is 19.8 Å². The molecular formula is C20H19IN4O2. The molecule has 1 fully saturated rings. The average molecular weight is 474 g/mol. The topological polar surface area (TPSA) is 74.3 Å². The van der Waals surface area contributed by atoms with Crippen LogP contribution in [0.4, 0.5) is 5.82 Å². The van der Waals surface area contributed by atoms with Crippen molar-refractivity contribution in [1.82, 2.24) is 15.2 Å².